The molecule has 3 amide bonds. The van der Waals surface area contributed by atoms with Crippen LogP contribution < -0.4 is 10.6 Å². The first-order valence-electron chi connectivity index (χ1n) is 8.37. The number of fused-ring (bicyclic) bond motifs is 1. The van der Waals surface area contributed by atoms with Gasteiger partial charge in [0.2, 0.25) is 5.91 Å². The summed E-state index contributed by atoms with van der Waals surface area (Å²) in [5.41, 5.74) is -1.16. The molecule has 8 nitrogen and oxygen atoms in total. The third kappa shape index (κ3) is 3.67. The predicted octanol–water partition coefficient (Wildman–Crippen LogP) is 2.39. The zero-order chi connectivity index (χ0) is 22.2. The van der Waals surface area contributed by atoms with Crippen LogP contribution in [0.4, 0.5) is 23.7 Å². The number of hydrogen-bond donors (Lipinski definition) is 2. The molecule has 0 aromatic heterocycles. The minimum Gasteiger partial charge on any atom is -0.348 e. The number of carbonyl (C=O) groups is 2. The standard InChI is InChI=1S/C18H13F3N4O4S/c1-9(11-3-2-10(19)6-14(11)21)23-16(26)8-25-18(27)24-15-5-4-13(20)12(7-22)17(15)30(25,28)29/h2-6,9H,8H2,1H3,(H,23,26)(H,24,27)/t9-/m0/s1. The van der Waals surface area contributed by atoms with Crippen LogP contribution in [0.25, 0.3) is 0 Å². The van der Waals surface area contributed by atoms with Crippen LogP contribution in [0.3, 0.4) is 0 Å². The fourth-order valence-electron chi connectivity index (χ4n) is 2.93. The van der Waals surface area contributed by atoms with Crippen LogP contribution in [-0.4, -0.2) is 31.2 Å². The molecular weight excluding hydrogens is 425 g/mol. The van der Waals surface area contributed by atoms with E-state index in [4.69, 9.17) is 5.26 Å². The topological polar surface area (TPSA) is 119 Å². The Labute approximate surface area is 169 Å². The summed E-state index contributed by atoms with van der Waals surface area (Å²) >= 11 is 0. The average molecular weight is 438 g/mol. The number of halogens is 3. The first-order valence-corrected chi connectivity index (χ1v) is 9.81. The number of urea groups is 1. The molecule has 30 heavy (non-hydrogen) atoms. The van der Waals surface area contributed by atoms with Crippen LogP contribution in [0.2, 0.25) is 0 Å². The Morgan fingerprint density at radius 1 is 1.23 bits per heavy atom. The SMILES string of the molecule is C[C@H](NC(=O)CN1C(=O)Nc2ccc(F)c(C#N)c2S1(=O)=O)c1ccc(F)cc1F. The lowest BCUT2D eigenvalue weighted by atomic mass is 10.1. The molecule has 0 fully saturated rings. The van der Waals surface area contributed by atoms with Gasteiger partial charge in [0.25, 0.3) is 10.0 Å². The van der Waals surface area contributed by atoms with E-state index < -0.39 is 62.5 Å². The number of rotatable bonds is 4. The summed E-state index contributed by atoms with van der Waals surface area (Å²) in [5, 5.41) is 13.6. The Kier molecular flexibility index (Phi) is 5.41. The second kappa shape index (κ2) is 7.68. The Balaban J connectivity index is 1.86. The van der Waals surface area contributed by atoms with E-state index in [1.54, 1.807) is 0 Å². The largest absolute Gasteiger partial charge is 0.348 e. The van der Waals surface area contributed by atoms with Gasteiger partial charge in [-0.2, -0.15) is 5.26 Å². The first kappa shape index (κ1) is 21.1. The molecule has 2 N–H and O–H groups in total. The van der Waals surface area contributed by atoms with Gasteiger partial charge in [0.05, 0.1) is 11.7 Å². The Hall–Kier alpha value is -3.59. The Bertz CT molecular complexity index is 1210. The minimum absolute atomic E-state index is 0.0603. The van der Waals surface area contributed by atoms with Gasteiger partial charge in [-0.15, -0.1) is 0 Å². The molecule has 3 rings (SSSR count). The maximum absolute atomic E-state index is 13.9. The molecule has 2 aromatic carbocycles. The number of benzene rings is 2. The molecule has 1 heterocycles. The van der Waals surface area contributed by atoms with Gasteiger partial charge in [0.1, 0.15) is 40.5 Å². The molecule has 0 aliphatic carbocycles. The van der Waals surface area contributed by atoms with E-state index in [1.165, 1.54) is 13.0 Å². The zero-order valence-electron chi connectivity index (χ0n) is 15.2. The molecule has 2 aromatic rings. The molecular formula is C18H13F3N4O4S. The van der Waals surface area contributed by atoms with Crippen molar-refractivity contribution in [3.8, 4) is 6.07 Å². The van der Waals surface area contributed by atoms with Crippen LogP contribution in [0.5, 0.6) is 0 Å². The highest BCUT2D eigenvalue weighted by Crippen LogP contribution is 2.34. The smallest absolute Gasteiger partial charge is 0.336 e. The molecule has 1 atom stereocenters. The van der Waals surface area contributed by atoms with E-state index in [0.717, 1.165) is 24.3 Å². The number of nitrogens with zero attached hydrogens (tertiary/aromatic N) is 2. The number of amides is 3. The summed E-state index contributed by atoms with van der Waals surface area (Å²) in [6.45, 7) is 0.361. The first-order chi connectivity index (χ1) is 14.1. The van der Waals surface area contributed by atoms with Crippen LogP contribution >= 0.6 is 0 Å². The monoisotopic (exact) mass is 438 g/mol. The van der Waals surface area contributed by atoms with Crippen molar-refractivity contribution in [2.75, 3.05) is 11.9 Å². The summed E-state index contributed by atoms with van der Waals surface area (Å²) in [5.74, 6) is -3.83. The van der Waals surface area contributed by atoms with Gasteiger partial charge in [0.15, 0.2) is 0 Å². The third-order valence-electron chi connectivity index (χ3n) is 4.33. The van der Waals surface area contributed by atoms with Crippen molar-refractivity contribution >= 4 is 27.6 Å². The van der Waals surface area contributed by atoms with Gasteiger partial charge >= 0.3 is 6.03 Å². The lowest BCUT2D eigenvalue weighted by molar-refractivity contribution is -0.121. The van der Waals surface area contributed by atoms with Crippen molar-refractivity contribution in [3.63, 3.8) is 0 Å². The van der Waals surface area contributed by atoms with E-state index in [-0.39, 0.29) is 15.6 Å². The molecule has 1 aliphatic heterocycles. The number of nitriles is 1. The van der Waals surface area contributed by atoms with E-state index in [0.29, 0.717) is 6.07 Å². The highest BCUT2D eigenvalue weighted by atomic mass is 32.2. The van der Waals surface area contributed by atoms with Gasteiger partial charge in [-0.25, -0.2) is 30.7 Å². The summed E-state index contributed by atoms with van der Waals surface area (Å²) in [4.78, 5) is 23.8. The van der Waals surface area contributed by atoms with Crippen molar-refractivity contribution < 1.29 is 31.2 Å². The Morgan fingerprint density at radius 3 is 2.57 bits per heavy atom. The zero-order valence-corrected chi connectivity index (χ0v) is 16.1. The van der Waals surface area contributed by atoms with Crippen LogP contribution in [-0.2, 0) is 14.8 Å². The van der Waals surface area contributed by atoms with E-state index in [9.17, 15) is 31.2 Å². The van der Waals surface area contributed by atoms with Gasteiger partial charge in [0, 0.05) is 11.6 Å². The van der Waals surface area contributed by atoms with Gasteiger partial charge in [-0.05, 0) is 25.1 Å². The normalized spacial score (nSPS) is 15.6. The molecule has 0 bridgehead atoms. The summed E-state index contributed by atoms with van der Waals surface area (Å²) in [6, 6.07) is 3.79. The van der Waals surface area contributed by atoms with Gasteiger partial charge in [-0.1, -0.05) is 6.07 Å². The number of nitrogens with one attached hydrogen (secondary N) is 2. The summed E-state index contributed by atoms with van der Waals surface area (Å²) in [6.07, 6.45) is 0. The predicted molar refractivity (Wildman–Crippen MR) is 96.9 cm³/mol. The lowest BCUT2D eigenvalue weighted by Gasteiger charge is -2.29. The molecule has 0 saturated carbocycles. The second-order valence-corrected chi connectivity index (χ2v) is 8.11. The highest BCUT2D eigenvalue weighted by molar-refractivity contribution is 7.90. The number of hydrogen-bond acceptors (Lipinski definition) is 5. The molecule has 1 aliphatic rings. The van der Waals surface area contributed by atoms with Crippen molar-refractivity contribution in [3.05, 3.63) is 58.9 Å². The average Bonchev–Trinajstić information content (AvgIpc) is 2.65. The Morgan fingerprint density at radius 2 is 1.93 bits per heavy atom. The van der Waals surface area contributed by atoms with Crippen molar-refractivity contribution in [2.24, 2.45) is 0 Å². The molecule has 0 saturated heterocycles. The van der Waals surface area contributed by atoms with Crippen LogP contribution in [0.15, 0.2) is 35.2 Å². The molecule has 0 spiro atoms. The number of sulfonamides is 1. The summed E-state index contributed by atoms with van der Waals surface area (Å²) in [7, 11) is -4.73. The van der Waals surface area contributed by atoms with Crippen LogP contribution in [0.1, 0.15) is 24.1 Å². The third-order valence-corrected chi connectivity index (χ3v) is 6.14. The highest BCUT2D eigenvalue weighted by Gasteiger charge is 2.40. The lowest BCUT2D eigenvalue weighted by Crippen LogP contribution is -2.49. The van der Waals surface area contributed by atoms with Crippen LogP contribution in [0, 0.1) is 28.8 Å². The van der Waals surface area contributed by atoms with Crippen molar-refractivity contribution in [1.82, 2.24) is 9.62 Å². The minimum atomic E-state index is -4.73. The quantitative estimate of drug-likeness (QED) is 0.760. The van der Waals surface area contributed by atoms with Crippen molar-refractivity contribution in [2.45, 2.75) is 17.9 Å². The van der Waals surface area contributed by atoms with Gasteiger partial charge in [-0.3, -0.25) is 4.79 Å². The van der Waals surface area contributed by atoms with E-state index in [1.807, 2.05) is 0 Å². The summed E-state index contributed by atoms with van der Waals surface area (Å²) < 4.78 is 66.5. The van der Waals surface area contributed by atoms with Gasteiger partial charge < -0.3 is 10.6 Å². The van der Waals surface area contributed by atoms with E-state index in [2.05, 4.69) is 10.6 Å². The van der Waals surface area contributed by atoms with Crippen molar-refractivity contribution in [1.29, 1.82) is 5.26 Å². The van der Waals surface area contributed by atoms with E-state index >= 15 is 0 Å². The maximum Gasteiger partial charge on any atom is 0.336 e. The molecule has 12 heteroatoms. The second-order valence-electron chi connectivity index (χ2n) is 6.31. The number of carbonyl (C=O) groups excluding carboxylic acids is 2. The fourth-order valence-corrected chi connectivity index (χ4v) is 4.50. The molecule has 0 unspecified atom stereocenters. The molecule has 0 radical (unpaired) electrons. The maximum atomic E-state index is 13.9. The number of anilines is 1. The molecule has 156 valence electrons. The fraction of sp³-hybridized carbons (Fsp3) is 0.167.